The normalized spacial score (nSPS) is 19.8. The molecule has 3 aliphatic carbocycles. The van der Waals surface area contributed by atoms with Crippen molar-refractivity contribution in [1.29, 1.82) is 0 Å². The lowest BCUT2D eigenvalue weighted by Gasteiger charge is -2.42. The minimum absolute atomic E-state index is 0.0203. The molecule has 0 radical (unpaired) electrons. The van der Waals surface area contributed by atoms with Crippen molar-refractivity contribution in [2.45, 2.75) is 69.2 Å². The average molecular weight is 576 g/mol. The molecule has 43 heavy (non-hydrogen) atoms. The van der Waals surface area contributed by atoms with Crippen LogP contribution in [0.1, 0.15) is 85.5 Å². The fourth-order valence-corrected chi connectivity index (χ4v) is 7.32. The summed E-state index contributed by atoms with van der Waals surface area (Å²) in [6.07, 6.45) is 18.3. The Balaban J connectivity index is 1.16. The van der Waals surface area contributed by atoms with Crippen molar-refractivity contribution in [2.75, 3.05) is 0 Å². The zero-order chi connectivity index (χ0) is 29.6. The van der Waals surface area contributed by atoms with Gasteiger partial charge in [0.25, 0.3) is 0 Å². The second-order valence-electron chi connectivity index (χ2n) is 12.4. The van der Waals surface area contributed by atoms with Gasteiger partial charge in [-0.15, -0.1) is 0 Å². The first-order valence-electron chi connectivity index (χ1n) is 15.5. The second-order valence-corrected chi connectivity index (χ2v) is 12.4. The SMILES string of the molecule is Cn1c(C2(NC(=O)C3C=Cc4c([nH]c(-c5ccccn5)c4C4CCCCC4)C3)CCC2)nc2cc(/C=C/C(=O)O)ccc21. The highest BCUT2D eigenvalue weighted by molar-refractivity contribution is 5.88. The summed E-state index contributed by atoms with van der Waals surface area (Å²) < 4.78 is 2.06. The van der Waals surface area contributed by atoms with E-state index in [4.69, 9.17) is 10.1 Å². The Bertz CT molecular complexity index is 1750. The highest BCUT2D eigenvalue weighted by Crippen LogP contribution is 2.44. The number of fused-ring (bicyclic) bond motifs is 2. The summed E-state index contributed by atoms with van der Waals surface area (Å²) in [7, 11) is 1.99. The highest BCUT2D eigenvalue weighted by atomic mass is 16.4. The number of hydrogen-bond acceptors (Lipinski definition) is 4. The van der Waals surface area contributed by atoms with Crippen LogP contribution in [-0.4, -0.2) is 36.5 Å². The molecule has 1 unspecified atom stereocenters. The Kier molecular flexibility index (Phi) is 7.00. The number of pyridine rings is 1. The number of aromatic nitrogens is 4. The third kappa shape index (κ3) is 4.98. The number of amides is 1. The number of rotatable bonds is 7. The number of aryl methyl sites for hydroxylation is 1. The van der Waals surface area contributed by atoms with Crippen LogP contribution in [0.2, 0.25) is 0 Å². The van der Waals surface area contributed by atoms with Gasteiger partial charge in [-0.2, -0.15) is 0 Å². The van der Waals surface area contributed by atoms with Crippen LogP contribution in [0.25, 0.3) is 34.6 Å². The van der Waals surface area contributed by atoms with Crippen LogP contribution in [0.5, 0.6) is 0 Å². The predicted molar refractivity (Wildman–Crippen MR) is 167 cm³/mol. The largest absolute Gasteiger partial charge is 0.478 e. The van der Waals surface area contributed by atoms with Crippen molar-refractivity contribution in [3.63, 3.8) is 0 Å². The van der Waals surface area contributed by atoms with Crippen molar-refractivity contribution >= 4 is 35.1 Å². The molecule has 8 heteroatoms. The molecule has 0 spiro atoms. The Hall–Kier alpha value is -4.46. The Morgan fingerprint density at radius 2 is 1.95 bits per heavy atom. The quantitative estimate of drug-likeness (QED) is 0.218. The molecule has 3 aliphatic rings. The van der Waals surface area contributed by atoms with E-state index in [1.165, 1.54) is 43.2 Å². The van der Waals surface area contributed by atoms with Crippen molar-refractivity contribution in [2.24, 2.45) is 13.0 Å². The number of carbonyl (C=O) groups excluding carboxylic acids is 1. The van der Waals surface area contributed by atoms with Crippen LogP contribution in [0.3, 0.4) is 0 Å². The summed E-state index contributed by atoms with van der Waals surface area (Å²) in [5, 5.41) is 12.4. The minimum atomic E-state index is -0.987. The zero-order valence-electron chi connectivity index (χ0n) is 24.5. The molecule has 2 saturated carbocycles. The van der Waals surface area contributed by atoms with Gasteiger partial charge in [0.1, 0.15) is 5.82 Å². The number of imidazole rings is 1. The highest BCUT2D eigenvalue weighted by Gasteiger charge is 2.45. The van der Waals surface area contributed by atoms with Crippen LogP contribution in [0, 0.1) is 5.92 Å². The molecule has 2 fully saturated rings. The smallest absolute Gasteiger partial charge is 0.328 e. The fraction of sp³-hybridized carbons (Fsp3) is 0.371. The number of aliphatic carboxylic acids is 1. The first kappa shape index (κ1) is 27.4. The van der Waals surface area contributed by atoms with Crippen LogP contribution >= 0.6 is 0 Å². The molecule has 0 aliphatic heterocycles. The maximum absolute atomic E-state index is 13.9. The summed E-state index contributed by atoms with van der Waals surface area (Å²) >= 11 is 0. The summed E-state index contributed by atoms with van der Waals surface area (Å²) in [5.41, 5.74) is 7.81. The topological polar surface area (TPSA) is 113 Å². The first-order valence-corrected chi connectivity index (χ1v) is 15.5. The molecule has 4 aromatic rings. The van der Waals surface area contributed by atoms with E-state index in [1.807, 2.05) is 43.6 Å². The molecule has 3 aromatic heterocycles. The molecule has 220 valence electrons. The lowest BCUT2D eigenvalue weighted by atomic mass is 9.75. The van der Waals surface area contributed by atoms with Gasteiger partial charge in [-0.3, -0.25) is 9.78 Å². The molecular weight excluding hydrogens is 538 g/mol. The maximum atomic E-state index is 13.9. The van der Waals surface area contributed by atoms with E-state index >= 15 is 0 Å². The lowest BCUT2D eigenvalue weighted by molar-refractivity contribution is -0.131. The van der Waals surface area contributed by atoms with Gasteiger partial charge in [0, 0.05) is 31.4 Å². The number of aromatic amines is 1. The Morgan fingerprint density at radius 1 is 1.12 bits per heavy atom. The van der Waals surface area contributed by atoms with Crippen LogP contribution in [-0.2, 0) is 28.6 Å². The Morgan fingerprint density at radius 3 is 2.67 bits per heavy atom. The second kappa shape index (κ2) is 11.0. The number of carboxylic acid groups (broad SMARTS) is 1. The van der Waals surface area contributed by atoms with Crippen molar-refractivity contribution < 1.29 is 14.7 Å². The molecular formula is C35H37N5O3. The van der Waals surface area contributed by atoms with Gasteiger partial charge in [-0.05, 0) is 85.1 Å². The number of nitrogens with one attached hydrogen (secondary N) is 2. The predicted octanol–water partition coefficient (Wildman–Crippen LogP) is 6.49. The van der Waals surface area contributed by atoms with Gasteiger partial charge in [-0.1, -0.05) is 43.5 Å². The third-order valence-corrected chi connectivity index (χ3v) is 9.67. The number of H-pyrrole nitrogens is 1. The maximum Gasteiger partial charge on any atom is 0.328 e. The number of nitrogens with zero attached hydrogens (tertiary/aromatic N) is 3. The summed E-state index contributed by atoms with van der Waals surface area (Å²) in [4.78, 5) is 38.2. The van der Waals surface area contributed by atoms with Gasteiger partial charge in [0.15, 0.2) is 0 Å². The van der Waals surface area contributed by atoms with E-state index in [0.717, 1.165) is 64.8 Å². The minimum Gasteiger partial charge on any atom is -0.478 e. The Labute approximate surface area is 250 Å². The van der Waals surface area contributed by atoms with E-state index in [9.17, 15) is 9.59 Å². The van der Waals surface area contributed by atoms with Gasteiger partial charge in [0.05, 0.1) is 33.9 Å². The van der Waals surface area contributed by atoms with Crippen molar-refractivity contribution in [1.82, 2.24) is 24.8 Å². The van der Waals surface area contributed by atoms with E-state index in [1.54, 1.807) is 6.08 Å². The van der Waals surface area contributed by atoms with Gasteiger partial charge in [-0.25, -0.2) is 9.78 Å². The van der Waals surface area contributed by atoms with Crippen LogP contribution < -0.4 is 5.32 Å². The molecule has 1 atom stereocenters. The molecule has 1 aromatic carbocycles. The summed E-state index contributed by atoms with van der Waals surface area (Å²) in [6.45, 7) is 0. The zero-order valence-corrected chi connectivity index (χ0v) is 24.5. The fourth-order valence-electron chi connectivity index (χ4n) is 7.32. The standard InChI is InChI=1S/C35H37N5O3/c1-40-29-15-11-22(12-16-30(41)42)20-28(29)38-34(40)35(17-7-18-35)39-33(43)24-13-14-25-27(21-24)37-32(26-10-5-6-19-36-26)31(25)23-8-3-2-4-9-23/h5-6,10-16,19-20,23-24,37H,2-4,7-9,17-18,21H2,1H3,(H,39,43)(H,41,42)/b16-12+. The lowest BCUT2D eigenvalue weighted by Crippen LogP contribution is -2.54. The van der Waals surface area contributed by atoms with Crippen molar-refractivity contribution in [3.8, 4) is 11.4 Å². The van der Waals surface area contributed by atoms with Gasteiger partial charge >= 0.3 is 5.97 Å². The van der Waals surface area contributed by atoms with Gasteiger partial charge < -0.3 is 20.0 Å². The molecule has 1 amide bonds. The number of carbonyl (C=O) groups is 2. The molecule has 7 rings (SSSR count). The molecule has 0 saturated heterocycles. The molecule has 3 N–H and O–H groups in total. The van der Waals surface area contributed by atoms with E-state index in [-0.39, 0.29) is 11.8 Å². The monoisotopic (exact) mass is 575 g/mol. The van der Waals surface area contributed by atoms with E-state index in [2.05, 4.69) is 38.1 Å². The molecule has 3 heterocycles. The molecule has 0 bridgehead atoms. The average Bonchev–Trinajstić information content (AvgIpc) is 3.56. The van der Waals surface area contributed by atoms with Crippen LogP contribution in [0.4, 0.5) is 0 Å². The summed E-state index contributed by atoms with van der Waals surface area (Å²) in [5.74, 6) is 0.115. The number of hydrogen-bond donors (Lipinski definition) is 3. The third-order valence-electron chi connectivity index (χ3n) is 9.67. The molecule has 8 nitrogen and oxygen atoms in total. The van der Waals surface area contributed by atoms with E-state index < -0.39 is 11.5 Å². The van der Waals surface area contributed by atoms with Crippen LogP contribution in [0.15, 0.2) is 54.7 Å². The first-order chi connectivity index (χ1) is 20.9. The van der Waals surface area contributed by atoms with E-state index in [0.29, 0.717) is 12.3 Å². The summed E-state index contributed by atoms with van der Waals surface area (Å²) in [6, 6.07) is 11.8. The van der Waals surface area contributed by atoms with Gasteiger partial charge in [0.2, 0.25) is 5.91 Å². The number of benzene rings is 1. The number of carboxylic acids is 1. The van der Waals surface area contributed by atoms with Crippen molar-refractivity contribution in [3.05, 3.63) is 83.0 Å².